The lowest BCUT2D eigenvalue weighted by Crippen LogP contribution is -2.54. The fourth-order valence-corrected chi connectivity index (χ4v) is 4.98. The van der Waals surface area contributed by atoms with Gasteiger partial charge in [-0.2, -0.15) is 5.26 Å². The van der Waals surface area contributed by atoms with Crippen LogP contribution in [0.2, 0.25) is 0 Å². The molecule has 1 aromatic carbocycles. The van der Waals surface area contributed by atoms with E-state index in [2.05, 4.69) is 33.5 Å². The Labute approximate surface area is 163 Å². The molecule has 0 aliphatic carbocycles. The van der Waals surface area contributed by atoms with Crippen molar-refractivity contribution in [2.45, 2.75) is 25.4 Å². The predicted octanol–water partition coefficient (Wildman–Crippen LogP) is 2.10. The van der Waals surface area contributed by atoms with Gasteiger partial charge >= 0.3 is 0 Å². The van der Waals surface area contributed by atoms with Crippen molar-refractivity contribution in [1.82, 2.24) is 15.6 Å². The Balaban J connectivity index is 1.57. The van der Waals surface area contributed by atoms with E-state index in [-0.39, 0.29) is 18.0 Å². The van der Waals surface area contributed by atoms with E-state index in [1.165, 1.54) is 0 Å². The van der Waals surface area contributed by atoms with Crippen molar-refractivity contribution >= 4 is 34.3 Å². The summed E-state index contributed by atoms with van der Waals surface area (Å²) in [4.78, 5) is 19.2. The number of benzene rings is 1. The highest BCUT2D eigenvalue weighted by molar-refractivity contribution is 7.99. The molecular formula is C20H23N5OS. The lowest BCUT2D eigenvalue weighted by atomic mass is 9.94. The molecule has 1 amide bonds. The first kappa shape index (κ1) is 18.1. The zero-order chi connectivity index (χ0) is 18.8. The zero-order valence-electron chi connectivity index (χ0n) is 15.3. The van der Waals surface area contributed by atoms with Gasteiger partial charge in [0.1, 0.15) is 6.07 Å². The third-order valence-corrected chi connectivity index (χ3v) is 6.19. The lowest BCUT2D eigenvalue weighted by molar-refractivity contribution is -0.123. The molecule has 3 atom stereocenters. The summed E-state index contributed by atoms with van der Waals surface area (Å²) in [6, 6.07) is 10.0. The van der Waals surface area contributed by atoms with Gasteiger partial charge in [0.05, 0.1) is 17.1 Å². The molecule has 4 rings (SSSR count). The van der Waals surface area contributed by atoms with E-state index < -0.39 is 0 Å². The zero-order valence-corrected chi connectivity index (χ0v) is 16.1. The number of hydrogen-bond donors (Lipinski definition) is 2. The van der Waals surface area contributed by atoms with E-state index in [0.717, 1.165) is 47.7 Å². The third-order valence-electron chi connectivity index (χ3n) is 5.25. The van der Waals surface area contributed by atoms with Crippen molar-refractivity contribution in [2.24, 2.45) is 5.92 Å². The predicted molar refractivity (Wildman–Crippen MR) is 109 cm³/mol. The van der Waals surface area contributed by atoms with Gasteiger partial charge in [-0.3, -0.25) is 15.1 Å². The lowest BCUT2D eigenvalue weighted by Gasteiger charge is -2.39. The summed E-state index contributed by atoms with van der Waals surface area (Å²) in [5.41, 5.74) is 2.41. The number of thioether (sulfide) groups is 1. The van der Waals surface area contributed by atoms with Crippen molar-refractivity contribution in [2.75, 3.05) is 29.6 Å². The number of aromatic nitrogens is 1. The summed E-state index contributed by atoms with van der Waals surface area (Å²) >= 11 is 1.76. The molecule has 140 valence electrons. The van der Waals surface area contributed by atoms with Crippen LogP contribution in [0.5, 0.6) is 0 Å². The average Bonchev–Trinajstić information content (AvgIpc) is 3.21. The number of nitrogens with one attached hydrogen (secondary N) is 2. The molecule has 0 unspecified atom stereocenters. The maximum Gasteiger partial charge on any atom is 0.238 e. The molecule has 2 aliphatic heterocycles. The highest BCUT2D eigenvalue weighted by Gasteiger charge is 2.30. The van der Waals surface area contributed by atoms with Crippen LogP contribution in [0, 0.1) is 17.2 Å². The van der Waals surface area contributed by atoms with Gasteiger partial charge in [0.2, 0.25) is 5.91 Å². The number of carbonyl (C=O) groups is 1. The number of hydrogen-bond acceptors (Lipinski definition) is 6. The molecule has 3 heterocycles. The van der Waals surface area contributed by atoms with Gasteiger partial charge in [0, 0.05) is 48.0 Å². The number of carbonyl (C=O) groups excluding carboxylic acids is 1. The van der Waals surface area contributed by atoms with Gasteiger partial charge in [-0.1, -0.05) is 6.92 Å². The average molecular weight is 382 g/mol. The van der Waals surface area contributed by atoms with Crippen LogP contribution in [0.3, 0.4) is 0 Å². The number of nitrogens with zero attached hydrogens (tertiary/aromatic N) is 3. The van der Waals surface area contributed by atoms with Crippen molar-refractivity contribution in [3.8, 4) is 6.07 Å². The minimum absolute atomic E-state index is 0.0828. The fraction of sp³-hybridized carbons (Fsp3) is 0.450. The summed E-state index contributed by atoms with van der Waals surface area (Å²) in [6.45, 7) is 3.92. The van der Waals surface area contributed by atoms with E-state index in [1.54, 1.807) is 18.0 Å². The van der Waals surface area contributed by atoms with Gasteiger partial charge in [0.15, 0.2) is 0 Å². The Hall–Kier alpha value is -2.30. The highest BCUT2D eigenvalue weighted by atomic mass is 32.2. The molecule has 0 saturated carbocycles. The van der Waals surface area contributed by atoms with Crippen molar-refractivity contribution in [3.05, 3.63) is 36.0 Å². The van der Waals surface area contributed by atoms with Crippen LogP contribution in [0.1, 0.15) is 18.9 Å². The molecule has 1 aromatic heterocycles. The molecule has 2 saturated heterocycles. The van der Waals surface area contributed by atoms with E-state index >= 15 is 0 Å². The molecule has 6 nitrogen and oxygen atoms in total. The van der Waals surface area contributed by atoms with Crippen molar-refractivity contribution in [1.29, 1.82) is 5.26 Å². The monoisotopic (exact) mass is 381 g/mol. The maximum atomic E-state index is 12.5. The standard InChI is InChI=1S/C20H23N5OS/c1-13-7-15(24-20(26)17-11-27-12-23-17)10-25(9-13)18-5-4-14(8-21)19-16(18)3-2-6-22-19/h2-6,13,15,17,23H,7,9-12H2,1H3,(H,24,26)/t13-,15+,17+/m0/s1. The second-order valence-corrected chi connectivity index (χ2v) is 8.40. The van der Waals surface area contributed by atoms with Crippen LogP contribution in [0.15, 0.2) is 30.5 Å². The van der Waals surface area contributed by atoms with Crippen LogP contribution in [0.25, 0.3) is 10.9 Å². The van der Waals surface area contributed by atoms with E-state index in [4.69, 9.17) is 0 Å². The summed E-state index contributed by atoms with van der Waals surface area (Å²) in [5.74, 6) is 2.25. The highest BCUT2D eigenvalue weighted by Crippen LogP contribution is 2.31. The molecule has 27 heavy (non-hydrogen) atoms. The number of piperidine rings is 1. The summed E-state index contributed by atoms with van der Waals surface area (Å²) in [6.07, 6.45) is 2.70. The molecule has 0 spiro atoms. The quantitative estimate of drug-likeness (QED) is 0.847. The van der Waals surface area contributed by atoms with Crippen molar-refractivity contribution in [3.63, 3.8) is 0 Å². The molecule has 0 bridgehead atoms. The van der Waals surface area contributed by atoms with Gasteiger partial charge in [-0.25, -0.2) is 0 Å². The van der Waals surface area contributed by atoms with E-state index in [0.29, 0.717) is 11.5 Å². The normalized spacial score (nSPS) is 25.3. The van der Waals surface area contributed by atoms with Crippen LogP contribution >= 0.6 is 11.8 Å². The van der Waals surface area contributed by atoms with E-state index in [1.807, 2.05) is 24.3 Å². The number of fused-ring (bicyclic) bond motifs is 1. The van der Waals surface area contributed by atoms with Crippen LogP contribution in [0.4, 0.5) is 5.69 Å². The number of rotatable bonds is 3. The Bertz CT molecular complexity index is 890. The Morgan fingerprint density at radius 1 is 1.41 bits per heavy atom. The van der Waals surface area contributed by atoms with Gasteiger partial charge in [-0.05, 0) is 36.6 Å². The second-order valence-electron chi connectivity index (χ2n) is 7.37. The molecule has 0 radical (unpaired) electrons. The van der Waals surface area contributed by atoms with Crippen molar-refractivity contribution < 1.29 is 4.79 Å². The summed E-state index contributed by atoms with van der Waals surface area (Å²) in [5, 5.41) is 16.8. The minimum Gasteiger partial charge on any atom is -0.369 e. The molecule has 2 aliphatic rings. The smallest absolute Gasteiger partial charge is 0.238 e. The second kappa shape index (κ2) is 7.75. The molecule has 2 fully saturated rings. The first-order chi connectivity index (χ1) is 13.2. The number of nitriles is 1. The largest absolute Gasteiger partial charge is 0.369 e. The van der Waals surface area contributed by atoms with Crippen LogP contribution in [-0.2, 0) is 4.79 Å². The van der Waals surface area contributed by atoms with E-state index in [9.17, 15) is 10.1 Å². The molecule has 2 aromatic rings. The topological polar surface area (TPSA) is 81.0 Å². The maximum absolute atomic E-state index is 12.5. The number of pyridine rings is 1. The molecular weight excluding hydrogens is 358 g/mol. The fourth-order valence-electron chi connectivity index (χ4n) is 4.04. The number of anilines is 1. The Morgan fingerprint density at radius 3 is 3.07 bits per heavy atom. The first-order valence-corrected chi connectivity index (χ1v) is 10.5. The SMILES string of the molecule is C[C@H]1C[C@@H](NC(=O)[C@H]2CSCN2)CN(c2ccc(C#N)c3ncccc23)C1. The van der Waals surface area contributed by atoms with Gasteiger partial charge < -0.3 is 10.2 Å². The van der Waals surface area contributed by atoms with Gasteiger partial charge in [0.25, 0.3) is 0 Å². The first-order valence-electron chi connectivity index (χ1n) is 9.30. The van der Waals surface area contributed by atoms with Gasteiger partial charge in [-0.15, -0.1) is 11.8 Å². The Kier molecular flexibility index (Phi) is 5.19. The number of amides is 1. The minimum atomic E-state index is -0.0828. The molecule has 7 heteroatoms. The summed E-state index contributed by atoms with van der Waals surface area (Å²) in [7, 11) is 0. The molecule has 2 N–H and O–H groups in total. The van der Waals surface area contributed by atoms with Crippen LogP contribution in [-0.4, -0.2) is 47.7 Å². The van der Waals surface area contributed by atoms with Crippen LogP contribution < -0.4 is 15.5 Å². The summed E-state index contributed by atoms with van der Waals surface area (Å²) < 4.78 is 0. The Morgan fingerprint density at radius 2 is 2.30 bits per heavy atom. The third kappa shape index (κ3) is 3.73.